The van der Waals surface area contributed by atoms with E-state index >= 15 is 0 Å². The maximum Gasteiger partial charge on any atom is 0.130 e. The largest absolute Gasteiger partial charge is 0.307 e. The van der Waals surface area contributed by atoms with E-state index in [1.165, 1.54) is 37.8 Å². The molecule has 0 amide bonds. The van der Waals surface area contributed by atoms with Crippen LogP contribution in [0.25, 0.3) is 0 Å². The molecule has 1 saturated carbocycles. The van der Waals surface area contributed by atoms with E-state index in [-0.39, 0.29) is 6.04 Å². The molecule has 1 nitrogen and oxygen atoms in total. The first kappa shape index (κ1) is 13.5. The summed E-state index contributed by atoms with van der Waals surface area (Å²) in [5.74, 6) is -0.295. The van der Waals surface area contributed by atoms with Gasteiger partial charge < -0.3 is 5.32 Å². The van der Waals surface area contributed by atoms with Crippen molar-refractivity contribution in [2.24, 2.45) is 5.92 Å². The lowest BCUT2D eigenvalue weighted by molar-refractivity contribution is 0.348. The number of nitrogens with one attached hydrogen (secondary N) is 1. The second kappa shape index (κ2) is 5.79. The third-order valence-corrected chi connectivity index (χ3v) is 4.05. The van der Waals surface area contributed by atoms with Crippen molar-refractivity contribution in [3.8, 4) is 0 Å². The molecule has 0 aliphatic heterocycles. The molecule has 1 N–H and O–H groups in total. The van der Waals surface area contributed by atoms with Gasteiger partial charge in [0, 0.05) is 23.7 Å². The highest BCUT2D eigenvalue weighted by Crippen LogP contribution is 2.29. The molecule has 2 rings (SSSR count). The highest BCUT2D eigenvalue weighted by Gasteiger charge is 2.23. The van der Waals surface area contributed by atoms with Crippen molar-refractivity contribution in [1.82, 2.24) is 5.32 Å². The first-order valence-electron chi connectivity index (χ1n) is 6.79. The summed E-state index contributed by atoms with van der Waals surface area (Å²) in [6.45, 7) is 4.09. The lowest BCUT2D eigenvalue weighted by atomic mass is 9.97. The minimum absolute atomic E-state index is 0.0822. The van der Waals surface area contributed by atoms with Gasteiger partial charge in [-0.2, -0.15) is 0 Å². The van der Waals surface area contributed by atoms with Crippen LogP contribution >= 0.6 is 0 Å². The molecule has 1 aliphatic rings. The Kier molecular flexibility index (Phi) is 4.33. The molecule has 0 saturated heterocycles. The van der Waals surface area contributed by atoms with E-state index in [0.29, 0.717) is 17.5 Å². The van der Waals surface area contributed by atoms with E-state index in [1.54, 1.807) is 0 Å². The molecule has 0 spiro atoms. The Balaban J connectivity index is 2.00. The summed E-state index contributed by atoms with van der Waals surface area (Å²) in [5, 5.41) is 3.44. The van der Waals surface area contributed by atoms with Crippen LogP contribution in [0.4, 0.5) is 8.78 Å². The Morgan fingerprint density at radius 3 is 2.44 bits per heavy atom. The quantitative estimate of drug-likeness (QED) is 0.848. The molecule has 0 radical (unpaired) electrons. The molecule has 0 aromatic heterocycles. The summed E-state index contributed by atoms with van der Waals surface area (Å²) in [6.07, 6.45) is 5.12. The van der Waals surface area contributed by atoms with Crippen molar-refractivity contribution >= 4 is 0 Å². The molecule has 1 aromatic carbocycles. The van der Waals surface area contributed by atoms with Crippen molar-refractivity contribution in [1.29, 1.82) is 0 Å². The van der Waals surface area contributed by atoms with Gasteiger partial charge in [-0.1, -0.05) is 18.9 Å². The van der Waals surface area contributed by atoms with Crippen molar-refractivity contribution in [3.05, 3.63) is 35.4 Å². The summed E-state index contributed by atoms with van der Waals surface area (Å²) >= 11 is 0. The predicted molar refractivity (Wildman–Crippen MR) is 69.3 cm³/mol. The first-order chi connectivity index (χ1) is 8.58. The zero-order chi connectivity index (χ0) is 13.1. The molecular weight excluding hydrogens is 232 g/mol. The third kappa shape index (κ3) is 3.08. The highest BCUT2D eigenvalue weighted by molar-refractivity contribution is 5.21. The lowest BCUT2D eigenvalue weighted by Crippen LogP contribution is -2.34. The SMILES string of the molecule is CC(N[C@H](C)C1CCCC1)c1ccc(F)cc1F. The molecule has 1 aromatic rings. The van der Waals surface area contributed by atoms with Crippen LogP contribution in [-0.4, -0.2) is 6.04 Å². The number of rotatable bonds is 4. The van der Waals surface area contributed by atoms with Crippen molar-refractivity contribution in [2.75, 3.05) is 0 Å². The summed E-state index contributed by atoms with van der Waals surface area (Å²) in [5.41, 5.74) is 0.543. The van der Waals surface area contributed by atoms with Gasteiger partial charge in [-0.3, -0.25) is 0 Å². The molecule has 0 bridgehead atoms. The Morgan fingerprint density at radius 2 is 1.83 bits per heavy atom. The first-order valence-corrected chi connectivity index (χ1v) is 6.79. The molecule has 3 heteroatoms. The summed E-state index contributed by atoms with van der Waals surface area (Å²) in [6, 6.07) is 4.10. The van der Waals surface area contributed by atoms with Gasteiger partial charge in [-0.05, 0) is 38.7 Å². The lowest BCUT2D eigenvalue weighted by Gasteiger charge is -2.25. The van der Waals surface area contributed by atoms with Crippen LogP contribution in [0.1, 0.15) is 51.1 Å². The fourth-order valence-electron chi connectivity index (χ4n) is 2.93. The van der Waals surface area contributed by atoms with Crippen LogP contribution < -0.4 is 5.32 Å². The van der Waals surface area contributed by atoms with Crippen LogP contribution in [0.15, 0.2) is 18.2 Å². The van der Waals surface area contributed by atoms with Gasteiger partial charge in [0.25, 0.3) is 0 Å². The number of benzene rings is 1. The highest BCUT2D eigenvalue weighted by atomic mass is 19.1. The van der Waals surface area contributed by atoms with Gasteiger partial charge in [0.05, 0.1) is 0 Å². The molecule has 1 unspecified atom stereocenters. The van der Waals surface area contributed by atoms with Crippen molar-refractivity contribution in [2.45, 2.75) is 51.6 Å². The van der Waals surface area contributed by atoms with E-state index in [4.69, 9.17) is 0 Å². The molecule has 18 heavy (non-hydrogen) atoms. The molecule has 0 heterocycles. The van der Waals surface area contributed by atoms with Crippen molar-refractivity contribution < 1.29 is 8.78 Å². The average Bonchev–Trinajstić information content (AvgIpc) is 2.81. The predicted octanol–water partition coefficient (Wildman–Crippen LogP) is 4.19. The summed E-state index contributed by atoms with van der Waals surface area (Å²) in [7, 11) is 0. The summed E-state index contributed by atoms with van der Waals surface area (Å²) < 4.78 is 26.5. The van der Waals surface area contributed by atoms with Gasteiger partial charge in [-0.15, -0.1) is 0 Å². The van der Waals surface area contributed by atoms with Gasteiger partial charge in [0.15, 0.2) is 0 Å². The van der Waals surface area contributed by atoms with Crippen LogP contribution in [0.5, 0.6) is 0 Å². The van der Waals surface area contributed by atoms with E-state index < -0.39 is 11.6 Å². The Bertz CT molecular complexity index is 399. The second-order valence-corrected chi connectivity index (χ2v) is 5.39. The smallest absolute Gasteiger partial charge is 0.130 e. The molecular formula is C15H21F2N. The topological polar surface area (TPSA) is 12.0 Å². The monoisotopic (exact) mass is 253 g/mol. The van der Waals surface area contributed by atoms with Crippen LogP contribution in [0.2, 0.25) is 0 Å². The standard InChI is InChI=1S/C15H21F2N/c1-10(12-5-3-4-6-12)18-11(2)14-8-7-13(16)9-15(14)17/h7-12,18H,3-6H2,1-2H3/t10-,11?/m1/s1. The number of hydrogen-bond acceptors (Lipinski definition) is 1. The number of halogens is 2. The average molecular weight is 253 g/mol. The summed E-state index contributed by atoms with van der Waals surface area (Å²) in [4.78, 5) is 0. The van der Waals surface area contributed by atoms with Gasteiger partial charge in [0.1, 0.15) is 11.6 Å². The Morgan fingerprint density at radius 1 is 1.17 bits per heavy atom. The Labute approximate surface area is 108 Å². The fraction of sp³-hybridized carbons (Fsp3) is 0.600. The van der Waals surface area contributed by atoms with Crippen LogP contribution in [0, 0.1) is 17.6 Å². The maximum absolute atomic E-state index is 13.6. The van der Waals surface area contributed by atoms with Crippen molar-refractivity contribution in [3.63, 3.8) is 0 Å². The minimum atomic E-state index is -0.521. The van der Waals surface area contributed by atoms with E-state index in [1.807, 2.05) is 6.92 Å². The molecule has 1 aliphatic carbocycles. The second-order valence-electron chi connectivity index (χ2n) is 5.39. The van der Waals surface area contributed by atoms with E-state index in [9.17, 15) is 8.78 Å². The third-order valence-electron chi connectivity index (χ3n) is 4.05. The molecule has 1 fully saturated rings. The van der Waals surface area contributed by atoms with Gasteiger partial charge in [-0.25, -0.2) is 8.78 Å². The number of hydrogen-bond donors (Lipinski definition) is 1. The molecule has 2 atom stereocenters. The minimum Gasteiger partial charge on any atom is -0.307 e. The zero-order valence-electron chi connectivity index (χ0n) is 11.0. The van der Waals surface area contributed by atoms with Crippen LogP contribution in [0.3, 0.4) is 0 Å². The van der Waals surface area contributed by atoms with E-state index in [0.717, 1.165) is 6.07 Å². The fourth-order valence-corrected chi connectivity index (χ4v) is 2.93. The maximum atomic E-state index is 13.6. The zero-order valence-corrected chi connectivity index (χ0v) is 11.0. The molecule has 100 valence electrons. The Hall–Kier alpha value is -0.960. The van der Waals surface area contributed by atoms with Gasteiger partial charge >= 0.3 is 0 Å². The van der Waals surface area contributed by atoms with E-state index in [2.05, 4.69) is 12.2 Å². The normalized spacial score (nSPS) is 20.0. The van der Waals surface area contributed by atoms with Gasteiger partial charge in [0.2, 0.25) is 0 Å². The van der Waals surface area contributed by atoms with Crippen LogP contribution in [-0.2, 0) is 0 Å².